The summed E-state index contributed by atoms with van der Waals surface area (Å²) in [7, 11) is 0. The largest absolute Gasteiger partial charge is 0.381 e. The van der Waals surface area contributed by atoms with Gasteiger partial charge < -0.3 is 5.73 Å². The second kappa shape index (κ2) is 3.81. The second-order valence-corrected chi connectivity index (χ2v) is 5.99. The van der Waals surface area contributed by atoms with Crippen LogP contribution in [-0.4, -0.2) is 9.78 Å². The van der Waals surface area contributed by atoms with E-state index < -0.39 is 0 Å². The first-order valence-electron chi connectivity index (χ1n) is 5.47. The third-order valence-corrected chi connectivity index (χ3v) is 4.02. The van der Waals surface area contributed by atoms with Crippen LogP contribution in [0, 0.1) is 11.3 Å². The summed E-state index contributed by atoms with van der Waals surface area (Å²) >= 11 is 3.37. The van der Waals surface area contributed by atoms with Crippen LogP contribution in [0.5, 0.6) is 0 Å². The van der Waals surface area contributed by atoms with Gasteiger partial charge in [0.25, 0.3) is 0 Å². The Kier molecular flexibility index (Phi) is 2.79. The van der Waals surface area contributed by atoms with Gasteiger partial charge in [-0.15, -0.1) is 0 Å². The number of nitrogen functional groups attached to an aromatic ring is 1. The van der Waals surface area contributed by atoms with Crippen LogP contribution in [-0.2, 0) is 6.54 Å². The molecule has 84 valence electrons. The van der Waals surface area contributed by atoms with E-state index in [1.807, 2.05) is 10.9 Å². The van der Waals surface area contributed by atoms with Crippen molar-refractivity contribution in [3.63, 3.8) is 0 Å². The maximum Gasteiger partial charge on any atom is 0.159 e. The van der Waals surface area contributed by atoms with Crippen molar-refractivity contribution in [2.45, 2.75) is 39.7 Å². The molecule has 0 aromatic carbocycles. The topological polar surface area (TPSA) is 43.8 Å². The molecular formula is C11H18BrN3. The monoisotopic (exact) mass is 271 g/mol. The summed E-state index contributed by atoms with van der Waals surface area (Å²) in [4.78, 5) is 0. The van der Waals surface area contributed by atoms with Crippen LogP contribution in [0.25, 0.3) is 0 Å². The molecule has 0 saturated heterocycles. The molecule has 1 aliphatic carbocycles. The summed E-state index contributed by atoms with van der Waals surface area (Å²) in [6.45, 7) is 5.67. The molecule has 1 aliphatic rings. The summed E-state index contributed by atoms with van der Waals surface area (Å²) in [5.74, 6) is 1.51. The van der Waals surface area contributed by atoms with Crippen LogP contribution in [0.15, 0.2) is 10.7 Å². The van der Waals surface area contributed by atoms with Crippen LogP contribution in [0.4, 0.5) is 5.82 Å². The normalized spacial score (nSPS) is 17.0. The molecule has 1 heterocycles. The Hall–Kier alpha value is -0.510. The highest BCUT2D eigenvalue weighted by Gasteiger charge is 2.37. The Morgan fingerprint density at radius 1 is 1.60 bits per heavy atom. The van der Waals surface area contributed by atoms with Gasteiger partial charge in [0.1, 0.15) is 0 Å². The number of nitrogens with zero attached hydrogens (tertiary/aromatic N) is 2. The molecule has 0 unspecified atom stereocenters. The van der Waals surface area contributed by atoms with E-state index in [2.05, 4.69) is 34.9 Å². The van der Waals surface area contributed by atoms with Gasteiger partial charge in [-0.3, -0.25) is 4.68 Å². The first-order chi connectivity index (χ1) is 6.99. The smallest absolute Gasteiger partial charge is 0.159 e. The minimum atomic E-state index is 0.452. The zero-order valence-electron chi connectivity index (χ0n) is 9.33. The molecule has 15 heavy (non-hydrogen) atoms. The molecule has 1 aromatic rings. The maximum atomic E-state index is 5.67. The van der Waals surface area contributed by atoms with E-state index in [1.54, 1.807) is 0 Å². The molecule has 3 nitrogen and oxygen atoms in total. The van der Waals surface area contributed by atoms with E-state index in [-0.39, 0.29) is 0 Å². The predicted octanol–water partition coefficient (Wildman–Crippen LogP) is 3.05. The Labute approximate surface area is 99.2 Å². The maximum absolute atomic E-state index is 5.67. The predicted molar refractivity (Wildman–Crippen MR) is 65.5 cm³/mol. The highest BCUT2D eigenvalue weighted by atomic mass is 79.9. The number of hydrogen-bond acceptors (Lipinski definition) is 2. The van der Waals surface area contributed by atoms with Crippen molar-refractivity contribution in [3.05, 3.63) is 10.7 Å². The number of aryl methyl sites for hydroxylation is 1. The highest BCUT2D eigenvalue weighted by Crippen LogP contribution is 2.47. The van der Waals surface area contributed by atoms with Crippen LogP contribution < -0.4 is 5.73 Å². The number of rotatable bonds is 4. The lowest BCUT2D eigenvalue weighted by atomic mass is 9.84. The summed E-state index contributed by atoms with van der Waals surface area (Å²) in [6.07, 6.45) is 5.93. The lowest BCUT2D eigenvalue weighted by Gasteiger charge is -2.23. The van der Waals surface area contributed by atoms with Crippen molar-refractivity contribution in [1.82, 2.24) is 9.78 Å². The van der Waals surface area contributed by atoms with Crippen molar-refractivity contribution in [2.75, 3.05) is 5.73 Å². The number of hydrogen-bond donors (Lipinski definition) is 1. The van der Waals surface area contributed by atoms with Crippen molar-refractivity contribution < 1.29 is 0 Å². The Morgan fingerprint density at radius 3 is 2.73 bits per heavy atom. The van der Waals surface area contributed by atoms with E-state index in [9.17, 15) is 0 Å². The third-order valence-electron chi connectivity index (χ3n) is 3.41. The number of aromatic nitrogens is 2. The van der Waals surface area contributed by atoms with Gasteiger partial charge in [0.05, 0.1) is 4.47 Å². The van der Waals surface area contributed by atoms with Crippen molar-refractivity contribution in [2.24, 2.45) is 11.3 Å². The molecule has 0 bridgehead atoms. The molecule has 0 radical (unpaired) electrons. The first kappa shape index (κ1) is 11.0. The molecule has 2 rings (SSSR count). The Balaban J connectivity index is 1.92. The van der Waals surface area contributed by atoms with E-state index >= 15 is 0 Å². The van der Waals surface area contributed by atoms with Gasteiger partial charge in [-0.1, -0.05) is 13.8 Å². The molecule has 4 heteroatoms. The Morgan fingerprint density at radius 2 is 2.27 bits per heavy atom. The fourth-order valence-corrected chi connectivity index (χ4v) is 2.31. The van der Waals surface area contributed by atoms with Gasteiger partial charge in [-0.25, -0.2) is 0 Å². The summed E-state index contributed by atoms with van der Waals surface area (Å²) < 4.78 is 2.83. The standard InChI is InChI=1S/C11H18BrN3/c1-11(2,8-3-4-8)5-6-15-7-9(12)10(13)14-15/h7-8H,3-6H2,1-2H3,(H2,13,14). The zero-order valence-corrected chi connectivity index (χ0v) is 10.9. The summed E-state index contributed by atoms with van der Waals surface area (Å²) in [5, 5.41) is 4.24. The average Bonchev–Trinajstić information content (AvgIpc) is 2.93. The third kappa shape index (κ3) is 2.54. The van der Waals surface area contributed by atoms with Gasteiger partial charge in [-0.2, -0.15) is 5.10 Å². The lowest BCUT2D eigenvalue weighted by Crippen LogP contribution is -2.17. The molecule has 0 amide bonds. The molecule has 0 spiro atoms. The molecule has 0 aliphatic heterocycles. The fraction of sp³-hybridized carbons (Fsp3) is 0.727. The molecule has 1 saturated carbocycles. The van der Waals surface area contributed by atoms with Crippen LogP contribution in [0.2, 0.25) is 0 Å². The fourth-order valence-electron chi connectivity index (χ4n) is 2.00. The SMILES string of the molecule is CC(C)(CCn1cc(Br)c(N)n1)C1CC1. The van der Waals surface area contributed by atoms with Gasteiger partial charge in [-0.05, 0) is 46.5 Å². The zero-order chi connectivity index (χ0) is 11.1. The number of halogens is 1. The lowest BCUT2D eigenvalue weighted by molar-refractivity contribution is 0.262. The second-order valence-electron chi connectivity index (χ2n) is 5.14. The number of nitrogens with two attached hydrogens (primary N) is 1. The van der Waals surface area contributed by atoms with Crippen molar-refractivity contribution >= 4 is 21.7 Å². The number of anilines is 1. The van der Waals surface area contributed by atoms with Crippen molar-refractivity contribution in [3.8, 4) is 0 Å². The van der Waals surface area contributed by atoms with Gasteiger partial charge in [0, 0.05) is 12.7 Å². The van der Waals surface area contributed by atoms with Crippen molar-refractivity contribution in [1.29, 1.82) is 0 Å². The van der Waals surface area contributed by atoms with Crippen LogP contribution >= 0.6 is 15.9 Å². The van der Waals surface area contributed by atoms with Gasteiger partial charge in [0.15, 0.2) is 5.82 Å². The summed E-state index contributed by atoms with van der Waals surface area (Å²) in [5.41, 5.74) is 6.12. The first-order valence-corrected chi connectivity index (χ1v) is 6.27. The highest BCUT2D eigenvalue weighted by molar-refractivity contribution is 9.10. The minimum absolute atomic E-state index is 0.452. The van der Waals surface area contributed by atoms with Crippen LogP contribution in [0.3, 0.4) is 0 Å². The van der Waals surface area contributed by atoms with Crippen LogP contribution in [0.1, 0.15) is 33.1 Å². The molecule has 0 atom stereocenters. The van der Waals surface area contributed by atoms with Gasteiger partial charge in [0.2, 0.25) is 0 Å². The average molecular weight is 272 g/mol. The minimum Gasteiger partial charge on any atom is -0.381 e. The molecular weight excluding hydrogens is 254 g/mol. The molecule has 1 fully saturated rings. The Bertz CT molecular complexity index is 333. The quantitative estimate of drug-likeness (QED) is 0.915. The summed E-state index contributed by atoms with van der Waals surface area (Å²) in [6, 6.07) is 0. The van der Waals surface area contributed by atoms with E-state index in [0.717, 1.165) is 16.9 Å². The van der Waals surface area contributed by atoms with E-state index in [1.165, 1.54) is 19.3 Å². The molecule has 1 aromatic heterocycles. The van der Waals surface area contributed by atoms with E-state index in [4.69, 9.17) is 5.73 Å². The van der Waals surface area contributed by atoms with Gasteiger partial charge >= 0.3 is 0 Å². The van der Waals surface area contributed by atoms with E-state index in [0.29, 0.717) is 11.2 Å². The molecule has 2 N–H and O–H groups in total.